The number of aryl methyl sites for hydroxylation is 1. The molecule has 6 aromatic rings. The molecule has 8 rings (SSSR count). The topological polar surface area (TPSA) is 150 Å². The van der Waals surface area contributed by atoms with E-state index in [9.17, 15) is 19.8 Å². The van der Waals surface area contributed by atoms with Gasteiger partial charge < -0.3 is 35.7 Å². The van der Waals surface area contributed by atoms with Gasteiger partial charge in [0.05, 0.1) is 35.3 Å². The standard InChI is InChI=1S/C23H25N3O2.C22H22ClN3O2.2CH3.Zn/c1-15-10-11-16(14-24-15)12-17-13-21(25-19-7-3-2-6-18(17)19)23(28)26-20-8-4-5-9-22(20)27;23-21-10-9-14(13-24-21)11-15-12-19(25-17-6-2-1-5-16(15)17)22(28)26-18-7-3-4-8-20(18)27;;;/h2-3,6-7,10-11,13-14,20,22,27H,4-5,8-9,12H2,1H3,(H,26,28);1-2,5-6,9-10,12-13,18,20,27H,3-4,7-8,11H2,(H,26,28);2*1H3;/q;;2*-1;+2/t20-,22-;18-,20-;;;/m00.../s1. The van der Waals surface area contributed by atoms with Gasteiger partial charge in [0.25, 0.3) is 11.8 Å². The van der Waals surface area contributed by atoms with E-state index >= 15 is 0 Å². The van der Waals surface area contributed by atoms with E-state index in [-0.39, 0.29) is 58.2 Å². The Labute approximate surface area is 365 Å². The summed E-state index contributed by atoms with van der Waals surface area (Å²) in [5.41, 5.74) is 7.47. The van der Waals surface area contributed by atoms with Crippen LogP contribution in [0.5, 0.6) is 0 Å². The summed E-state index contributed by atoms with van der Waals surface area (Å²) in [6.45, 7) is 1.97. The summed E-state index contributed by atoms with van der Waals surface area (Å²) in [7, 11) is 0. The molecule has 2 aromatic carbocycles. The molecular formula is C47H53ClN6O4Zn. The molecule has 4 heterocycles. The smallest absolute Gasteiger partial charge is 0.391 e. The van der Waals surface area contributed by atoms with Crippen molar-refractivity contribution in [2.24, 2.45) is 0 Å². The summed E-state index contributed by atoms with van der Waals surface area (Å²) in [4.78, 5) is 43.3. The van der Waals surface area contributed by atoms with Gasteiger partial charge in [0, 0.05) is 28.9 Å². The molecule has 12 heteroatoms. The van der Waals surface area contributed by atoms with Crippen LogP contribution < -0.4 is 10.6 Å². The average Bonchev–Trinajstić information content (AvgIpc) is 3.21. The number of halogens is 1. The first-order valence-electron chi connectivity index (χ1n) is 19.5. The molecule has 4 aromatic heterocycles. The second-order valence-electron chi connectivity index (χ2n) is 14.9. The normalized spacial score (nSPS) is 18.5. The number of hydrogen-bond donors (Lipinski definition) is 4. The number of para-hydroxylation sites is 2. The first-order valence-corrected chi connectivity index (χ1v) is 19.8. The molecule has 2 saturated carbocycles. The van der Waals surface area contributed by atoms with Crippen LogP contribution in [0.2, 0.25) is 5.15 Å². The van der Waals surface area contributed by atoms with Crippen molar-refractivity contribution in [2.75, 3.05) is 0 Å². The fourth-order valence-corrected chi connectivity index (χ4v) is 7.73. The average molecular weight is 867 g/mol. The number of aliphatic hydroxyl groups is 2. The van der Waals surface area contributed by atoms with Crippen molar-refractivity contribution in [3.63, 3.8) is 0 Å². The van der Waals surface area contributed by atoms with Gasteiger partial charge >= 0.3 is 19.5 Å². The Morgan fingerprint density at radius 3 is 1.51 bits per heavy atom. The third-order valence-electron chi connectivity index (χ3n) is 10.7. The monoisotopic (exact) mass is 864 g/mol. The minimum Gasteiger partial charge on any atom is -0.391 e. The molecule has 2 amide bonds. The quantitative estimate of drug-likeness (QED) is 0.0678. The van der Waals surface area contributed by atoms with E-state index in [4.69, 9.17) is 11.6 Å². The minimum absolute atomic E-state index is 0. The molecule has 0 radical (unpaired) electrons. The number of amides is 2. The zero-order valence-corrected chi connectivity index (χ0v) is 37.9. The van der Waals surface area contributed by atoms with Gasteiger partial charge in [-0.05, 0) is 104 Å². The molecule has 0 aliphatic heterocycles. The molecule has 2 aliphatic carbocycles. The second-order valence-corrected chi connectivity index (χ2v) is 15.3. The zero-order valence-electron chi connectivity index (χ0n) is 34.2. The number of fused-ring (bicyclic) bond motifs is 2. The molecule has 10 nitrogen and oxygen atoms in total. The molecule has 2 fully saturated rings. The molecule has 59 heavy (non-hydrogen) atoms. The van der Waals surface area contributed by atoms with Gasteiger partial charge in [-0.3, -0.25) is 14.6 Å². The molecule has 0 bridgehead atoms. The maximum atomic E-state index is 12.9. The van der Waals surface area contributed by atoms with Crippen molar-refractivity contribution >= 4 is 45.2 Å². The summed E-state index contributed by atoms with van der Waals surface area (Å²) < 4.78 is 0. The predicted molar refractivity (Wildman–Crippen MR) is 232 cm³/mol. The summed E-state index contributed by atoms with van der Waals surface area (Å²) in [5, 5.41) is 28.8. The van der Waals surface area contributed by atoms with E-state index in [1.54, 1.807) is 12.3 Å². The fourth-order valence-electron chi connectivity index (χ4n) is 7.62. The number of nitrogens with one attached hydrogen (secondary N) is 2. The molecule has 2 aliphatic rings. The maximum absolute atomic E-state index is 12.9. The number of nitrogens with zero attached hydrogens (tertiary/aromatic N) is 4. The van der Waals surface area contributed by atoms with Crippen LogP contribution in [0.1, 0.15) is 100 Å². The number of carbonyl (C=O) groups is 2. The van der Waals surface area contributed by atoms with E-state index < -0.39 is 12.2 Å². The van der Waals surface area contributed by atoms with Crippen molar-refractivity contribution < 1.29 is 39.3 Å². The van der Waals surface area contributed by atoms with Gasteiger partial charge in [-0.25, -0.2) is 15.0 Å². The molecule has 304 valence electrons. The van der Waals surface area contributed by atoms with Crippen LogP contribution >= 0.6 is 11.6 Å². The van der Waals surface area contributed by atoms with Crippen LogP contribution in [-0.2, 0) is 32.3 Å². The van der Waals surface area contributed by atoms with Crippen molar-refractivity contribution in [1.29, 1.82) is 0 Å². The van der Waals surface area contributed by atoms with E-state index in [0.29, 0.717) is 29.4 Å². The molecule has 0 spiro atoms. The third-order valence-corrected chi connectivity index (χ3v) is 10.9. The first-order chi connectivity index (χ1) is 27.2. The largest absolute Gasteiger partial charge is 2.00 e. The SMILES string of the molecule is Cc1ccc(Cc2cc(C(=O)N[C@H]3CCCC[C@@H]3O)nc3ccccc23)cn1.O=C(N[C@H]1CCCC[C@@H]1O)c1cc(Cc2ccc(Cl)nc2)c2ccccc2n1.[CH3-].[CH3-].[Zn+2]. The van der Waals surface area contributed by atoms with Gasteiger partial charge in [0.15, 0.2) is 0 Å². The number of aromatic nitrogens is 4. The summed E-state index contributed by atoms with van der Waals surface area (Å²) in [6.07, 6.45) is 11.1. The second kappa shape index (κ2) is 22.1. The Morgan fingerprint density at radius 2 is 1.08 bits per heavy atom. The summed E-state index contributed by atoms with van der Waals surface area (Å²) in [5.74, 6) is -0.466. The molecule has 4 atom stereocenters. The maximum Gasteiger partial charge on any atom is 2.00 e. The Balaban J connectivity index is 0.000000248. The van der Waals surface area contributed by atoms with Crippen LogP contribution in [0, 0.1) is 21.8 Å². The number of benzene rings is 2. The van der Waals surface area contributed by atoms with E-state index in [1.807, 2.05) is 85.9 Å². The number of hydrogen-bond acceptors (Lipinski definition) is 8. The number of rotatable bonds is 8. The third kappa shape index (κ3) is 12.2. The Morgan fingerprint density at radius 1 is 0.644 bits per heavy atom. The molecule has 4 N–H and O–H groups in total. The molecule has 0 saturated heterocycles. The number of carbonyl (C=O) groups excluding carboxylic acids is 2. The Kier molecular flexibility index (Phi) is 17.6. The van der Waals surface area contributed by atoms with Gasteiger partial charge in [0.2, 0.25) is 0 Å². The Hall–Kier alpha value is -4.67. The first kappa shape index (κ1) is 47.0. The van der Waals surface area contributed by atoms with Gasteiger partial charge in [-0.1, -0.05) is 85.8 Å². The van der Waals surface area contributed by atoms with E-state index in [2.05, 4.69) is 36.6 Å². The fraction of sp³-hybridized carbons (Fsp3) is 0.319. The molecular weight excluding hydrogens is 813 g/mol. The van der Waals surface area contributed by atoms with Gasteiger partial charge in [-0.2, -0.15) is 0 Å². The van der Waals surface area contributed by atoms with Crippen LogP contribution in [0.15, 0.2) is 97.3 Å². The van der Waals surface area contributed by atoms with Crippen molar-refractivity contribution in [2.45, 2.75) is 95.4 Å². The van der Waals surface area contributed by atoms with Gasteiger partial charge in [0.1, 0.15) is 16.5 Å². The van der Waals surface area contributed by atoms with Crippen molar-refractivity contribution in [1.82, 2.24) is 30.6 Å². The summed E-state index contributed by atoms with van der Waals surface area (Å²) in [6, 6.07) is 26.7. The van der Waals surface area contributed by atoms with Crippen LogP contribution in [0.3, 0.4) is 0 Å². The van der Waals surface area contributed by atoms with Crippen LogP contribution in [-0.4, -0.2) is 66.3 Å². The van der Waals surface area contributed by atoms with Crippen LogP contribution in [0.25, 0.3) is 21.8 Å². The van der Waals surface area contributed by atoms with Crippen molar-refractivity contribution in [3.05, 3.63) is 157 Å². The Bertz CT molecular complexity index is 2150. The van der Waals surface area contributed by atoms with Gasteiger partial charge in [-0.15, -0.1) is 0 Å². The minimum atomic E-state index is -0.488. The predicted octanol–water partition coefficient (Wildman–Crippen LogP) is 8.37. The number of pyridine rings is 4. The molecule has 0 unspecified atom stereocenters. The van der Waals surface area contributed by atoms with E-state index in [0.717, 1.165) is 101 Å². The van der Waals surface area contributed by atoms with Crippen molar-refractivity contribution in [3.8, 4) is 0 Å². The zero-order chi connectivity index (χ0) is 39.0. The van der Waals surface area contributed by atoms with E-state index in [1.165, 1.54) is 0 Å². The number of aliphatic hydroxyl groups excluding tert-OH is 2. The van der Waals surface area contributed by atoms with Crippen LogP contribution in [0.4, 0.5) is 0 Å². The summed E-state index contributed by atoms with van der Waals surface area (Å²) >= 11 is 5.89.